The fourth-order valence-electron chi connectivity index (χ4n) is 2.03. The monoisotopic (exact) mass is 229 g/mol. The number of rotatable bonds is 4. The van der Waals surface area contributed by atoms with Gasteiger partial charge in [0.2, 0.25) is 0 Å². The van der Waals surface area contributed by atoms with E-state index in [0.29, 0.717) is 32.0 Å². The highest BCUT2D eigenvalue weighted by molar-refractivity contribution is 5.69. The zero-order valence-corrected chi connectivity index (χ0v) is 9.65. The number of hydrogen-bond acceptors (Lipinski definition) is 3. The van der Waals surface area contributed by atoms with Crippen molar-refractivity contribution in [2.75, 3.05) is 19.7 Å². The fraction of sp³-hybridized carbons (Fsp3) is 0.818. The van der Waals surface area contributed by atoms with E-state index in [-0.39, 0.29) is 5.97 Å². The largest absolute Gasteiger partial charge is 0.466 e. The molecule has 16 heavy (non-hydrogen) atoms. The molecule has 0 saturated carbocycles. The van der Waals surface area contributed by atoms with Crippen LogP contribution in [0.5, 0.6) is 0 Å². The highest BCUT2D eigenvalue weighted by atomic mass is 16.5. The maximum Gasteiger partial charge on any atom is 0.407 e. The minimum Gasteiger partial charge on any atom is -0.466 e. The van der Waals surface area contributed by atoms with Gasteiger partial charge in [0.15, 0.2) is 0 Å². The average Bonchev–Trinajstić information content (AvgIpc) is 2.27. The molecule has 0 aromatic carbocycles. The van der Waals surface area contributed by atoms with Crippen molar-refractivity contribution >= 4 is 12.1 Å². The lowest BCUT2D eigenvalue weighted by molar-refractivity contribution is -0.143. The van der Waals surface area contributed by atoms with Gasteiger partial charge in [0.1, 0.15) is 0 Å². The number of piperidine rings is 1. The molecule has 0 radical (unpaired) electrons. The molecule has 0 spiro atoms. The second-order valence-corrected chi connectivity index (χ2v) is 4.08. The van der Waals surface area contributed by atoms with Crippen LogP contribution in [0.2, 0.25) is 0 Å². The van der Waals surface area contributed by atoms with Crippen molar-refractivity contribution in [1.29, 1.82) is 0 Å². The molecule has 1 N–H and O–H groups in total. The molecule has 0 unspecified atom stereocenters. The number of hydrogen-bond donors (Lipinski definition) is 1. The number of likely N-dealkylation sites (tertiary alicyclic amines) is 1. The first-order valence-corrected chi connectivity index (χ1v) is 5.77. The quantitative estimate of drug-likeness (QED) is 0.745. The molecule has 92 valence electrons. The zero-order valence-electron chi connectivity index (χ0n) is 9.65. The van der Waals surface area contributed by atoms with E-state index < -0.39 is 6.09 Å². The van der Waals surface area contributed by atoms with Gasteiger partial charge in [-0.05, 0) is 32.1 Å². The van der Waals surface area contributed by atoms with Crippen LogP contribution in [0.1, 0.15) is 32.6 Å². The molecule has 1 rings (SSSR count). The summed E-state index contributed by atoms with van der Waals surface area (Å²) in [4.78, 5) is 23.4. The lowest BCUT2D eigenvalue weighted by Crippen LogP contribution is -2.39. The second kappa shape index (κ2) is 6.35. The van der Waals surface area contributed by atoms with E-state index in [4.69, 9.17) is 9.84 Å². The van der Waals surface area contributed by atoms with Crippen LogP contribution in [-0.4, -0.2) is 41.8 Å². The highest BCUT2D eigenvalue weighted by Crippen LogP contribution is 2.21. The number of carbonyl (C=O) groups is 2. The summed E-state index contributed by atoms with van der Waals surface area (Å²) >= 11 is 0. The molecular weight excluding hydrogens is 210 g/mol. The Balaban J connectivity index is 2.26. The maximum atomic E-state index is 11.1. The summed E-state index contributed by atoms with van der Waals surface area (Å²) in [7, 11) is 0. The third-order valence-corrected chi connectivity index (χ3v) is 2.85. The van der Waals surface area contributed by atoms with E-state index in [1.807, 2.05) is 0 Å². The molecular formula is C11H19NO4. The maximum absolute atomic E-state index is 11.1. The van der Waals surface area contributed by atoms with E-state index in [9.17, 15) is 9.59 Å². The third kappa shape index (κ3) is 4.08. The van der Waals surface area contributed by atoms with Gasteiger partial charge in [-0.15, -0.1) is 0 Å². The van der Waals surface area contributed by atoms with Crippen LogP contribution in [0.3, 0.4) is 0 Å². The van der Waals surface area contributed by atoms with Crippen LogP contribution in [0.25, 0.3) is 0 Å². The van der Waals surface area contributed by atoms with Crippen molar-refractivity contribution in [3.05, 3.63) is 0 Å². The molecule has 1 atom stereocenters. The number of amides is 1. The predicted molar refractivity (Wildman–Crippen MR) is 58.2 cm³/mol. The van der Waals surface area contributed by atoms with Crippen LogP contribution in [0, 0.1) is 5.92 Å². The van der Waals surface area contributed by atoms with E-state index >= 15 is 0 Å². The van der Waals surface area contributed by atoms with Crippen LogP contribution < -0.4 is 0 Å². The van der Waals surface area contributed by atoms with Crippen molar-refractivity contribution in [2.24, 2.45) is 5.92 Å². The molecule has 1 fully saturated rings. The zero-order chi connectivity index (χ0) is 12.0. The Morgan fingerprint density at radius 2 is 2.25 bits per heavy atom. The van der Waals surface area contributed by atoms with E-state index in [0.717, 1.165) is 19.3 Å². The number of nitrogens with zero attached hydrogens (tertiary/aromatic N) is 1. The molecule has 5 heteroatoms. The lowest BCUT2D eigenvalue weighted by atomic mass is 9.94. The Morgan fingerprint density at radius 1 is 1.50 bits per heavy atom. The van der Waals surface area contributed by atoms with Gasteiger partial charge >= 0.3 is 12.1 Å². The van der Waals surface area contributed by atoms with Crippen LogP contribution in [-0.2, 0) is 9.53 Å². The summed E-state index contributed by atoms with van der Waals surface area (Å²) in [6, 6.07) is 0. The number of carboxylic acid groups (broad SMARTS) is 1. The molecule has 0 bridgehead atoms. The minimum atomic E-state index is -0.860. The molecule has 0 aliphatic carbocycles. The van der Waals surface area contributed by atoms with E-state index in [1.165, 1.54) is 4.90 Å². The molecule has 1 saturated heterocycles. The number of ether oxygens (including phenoxy) is 1. The van der Waals surface area contributed by atoms with E-state index in [2.05, 4.69) is 0 Å². The predicted octanol–water partition coefficient (Wildman–Crippen LogP) is 1.72. The molecule has 5 nitrogen and oxygen atoms in total. The molecule has 1 amide bonds. The molecule has 0 aromatic heterocycles. The minimum absolute atomic E-state index is 0.185. The molecule has 0 aromatic rings. The molecule has 1 aliphatic rings. The van der Waals surface area contributed by atoms with Crippen LogP contribution in [0.15, 0.2) is 0 Å². The Labute approximate surface area is 95.4 Å². The third-order valence-electron chi connectivity index (χ3n) is 2.85. The smallest absolute Gasteiger partial charge is 0.407 e. The Morgan fingerprint density at radius 3 is 2.88 bits per heavy atom. The van der Waals surface area contributed by atoms with Gasteiger partial charge in [-0.2, -0.15) is 0 Å². The van der Waals surface area contributed by atoms with Gasteiger partial charge in [-0.25, -0.2) is 4.79 Å². The first-order chi connectivity index (χ1) is 7.63. The van der Waals surface area contributed by atoms with Crippen molar-refractivity contribution < 1.29 is 19.4 Å². The van der Waals surface area contributed by atoms with Gasteiger partial charge in [-0.1, -0.05) is 0 Å². The molecule has 1 aliphatic heterocycles. The van der Waals surface area contributed by atoms with Crippen molar-refractivity contribution in [2.45, 2.75) is 32.6 Å². The van der Waals surface area contributed by atoms with Crippen LogP contribution in [0.4, 0.5) is 4.79 Å². The second-order valence-electron chi connectivity index (χ2n) is 4.08. The van der Waals surface area contributed by atoms with Crippen molar-refractivity contribution in [3.63, 3.8) is 0 Å². The summed E-state index contributed by atoms with van der Waals surface area (Å²) in [5, 5.41) is 8.85. The number of carbonyl (C=O) groups excluding carboxylic acids is 1. The van der Waals surface area contributed by atoms with Gasteiger partial charge in [0, 0.05) is 19.5 Å². The lowest BCUT2D eigenvalue weighted by Gasteiger charge is -2.30. The highest BCUT2D eigenvalue weighted by Gasteiger charge is 2.23. The summed E-state index contributed by atoms with van der Waals surface area (Å²) in [6.45, 7) is 3.36. The topological polar surface area (TPSA) is 66.8 Å². The summed E-state index contributed by atoms with van der Waals surface area (Å²) in [6.07, 6.45) is 2.15. The Bertz CT molecular complexity index is 254. The van der Waals surface area contributed by atoms with Crippen molar-refractivity contribution in [3.8, 4) is 0 Å². The SMILES string of the molecule is CCOC(=O)CC[C@H]1CCCN(C(=O)O)C1. The summed E-state index contributed by atoms with van der Waals surface area (Å²) in [5.41, 5.74) is 0. The Kier molecular flexibility index (Phi) is 5.08. The van der Waals surface area contributed by atoms with Gasteiger partial charge < -0.3 is 14.7 Å². The van der Waals surface area contributed by atoms with Crippen LogP contribution >= 0.6 is 0 Å². The normalized spacial score (nSPS) is 20.6. The van der Waals surface area contributed by atoms with Gasteiger partial charge in [0.05, 0.1) is 6.61 Å². The summed E-state index contributed by atoms with van der Waals surface area (Å²) in [5.74, 6) is 0.115. The van der Waals surface area contributed by atoms with Gasteiger partial charge in [-0.3, -0.25) is 4.79 Å². The number of esters is 1. The first-order valence-electron chi connectivity index (χ1n) is 5.77. The van der Waals surface area contributed by atoms with Crippen molar-refractivity contribution in [1.82, 2.24) is 4.90 Å². The summed E-state index contributed by atoms with van der Waals surface area (Å²) < 4.78 is 4.84. The van der Waals surface area contributed by atoms with Gasteiger partial charge in [0.25, 0.3) is 0 Å². The molecule has 1 heterocycles. The Hall–Kier alpha value is -1.26. The average molecular weight is 229 g/mol. The standard InChI is InChI=1S/C11H19NO4/c1-2-16-10(13)6-5-9-4-3-7-12(8-9)11(14)15/h9H,2-8H2,1H3,(H,14,15)/t9-/m1/s1. The van der Waals surface area contributed by atoms with E-state index in [1.54, 1.807) is 6.92 Å². The first kappa shape index (κ1) is 12.8. The fourth-order valence-corrected chi connectivity index (χ4v) is 2.03.